The molecule has 1 aliphatic rings. The summed E-state index contributed by atoms with van der Waals surface area (Å²) in [6.45, 7) is 4.76. The van der Waals surface area contributed by atoms with Crippen molar-refractivity contribution < 1.29 is 9.90 Å². The molecule has 1 saturated heterocycles. The monoisotopic (exact) mass is 377 g/mol. The van der Waals surface area contributed by atoms with Crippen LogP contribution in [0, 0.1) is 13.8 Å². The van der Waals surface area contributed by atoms with Crippen LogP contribution in [0.1, 0.15) is 29.8 Å². The third-order valence-corrected chi connectivity index (χ3v) is 5.26. The van der Waals surface area contributed by atoms with E-state index < -0.39 is 5.60 Å². The van der Waals surface area contributed by atoms with E-state index in [9.17, 15) is 9.90 Å². The van der Waals surface area contributed by atoms with Gasteiger partial charge in [0.2, 0.25) is 0 Å². The Morgan fingerprint density at radius 2 is 1.93 bits per heavy atom. The smallest absolute Gasteiger partial charge is 0.321 e. The average Bonchev–Trinajstić information content (AvgIpc) is 2.69. The van der Waals surface area contributed by atoms with Gasteiger partial charge in [0, 0.05) is 24.7 Å². The van der Waals surface area contributed by atoms with Gasteiger partial charge in [0.1, 0.15) is 5.60 Å². The zero-order valence-corrected chi connectivity index (χ0v) is 16.0. The molecule has 0 spiro atoms. The largest absolute Gasteiger partial charge is 0.383 e. The maximum absolute atomic E-state index is 12.8. The van der Waals surface area contributed by atoms with Crippen molar-refractivity contribution in [3.05, 3.63) is 59.5 Å². The molecule has 4 rings (SSSR count). The molecule has 1 aromatic carbocycles. The van der Waals surface area contributed by atoms with Crippen LogP contribution < -0.4 is 5.32 Å². The maximum atomic E-state index is 12.8. The van der Waals surface area contributed by atoms with Gasteiger partial charge in [0.05, 0.1) is 22.6 Å². The van der Waals surface area contributed by atoms with E-state index in [0.29, 0.717) is 37.3 Å². The fourth-order valence-electron chi connectivity index (χ4n) is 3.54. The van der Waals surface area contributed by atoms with Crippen molar-refractivity contribution in [1.82, 2.24) is 20.1 Å². The molecule has 28 heavy (non-hydrogen) atoms. The highest BCUT2D eigenvalue weighted by Gasteiger charge is 2.36. The van der Waals surface area contributed by atoms with Crippen LogP contribution in [0.3, 0.4) is 0 Å². The molecule has 0 unspecified atom stereocenters. The minimum atomic E-state index is -0.989. The van der Waals surface area contributed by atoms with Gasteiger partial charge in [-0.15, -0.1) is 0 Å². The lowest BCUT2D eigenvalue weighted by Gasteiger charge is -2.37. The van der Waals surface area contributed by atoms with Crippen molar-refractivity contribution >= 4 is 22.6 Å². The summed E-state index contributed by atoms with van der Waals surface area (Å²) in [5.74, 6) is 0. The summed E-state index contributed by atoms with van der Waals surface area (Å²) in [6.07, 6.45) is 2.67. The molecule has 7 nitrogen and oxygen atoms in total. The molecule has 1 fully saturated rings. The van der Waals surface area contributed by atoms with Gasteiger partial charge in [-0.2, -0.15) is 10.2 Å². The zero-order valence-electron chi connectivity index (χ0n) is 16.0. The maximum Gasteiger partial charge on any atom is 0.321 e. The zero-order chi connectivity index (χ0) is 19.7. The molecule has 2 aromatic heterocycles. The van der Waals surface area contributed by atoms with Gasteiger partial charge in [0.25, 0.3) is 0 Å². The van der Waals surface area contributed by atoms with Gasteiger partial charge in [-0.25, -0.2) is 4.79 Å². The molecule has 3 heterocycles. The minimum absolute atomic E-state index is 0.180. The minimum Gasteiger partial charge on any atom is -0.383 e. The number of fused-ring (bicyclic) bond motifs is 1. The molecule has 0 bridgehead atoms. The van der Waals surface area contributed by atoms with E-state index in [0.717, 1.165) is 22.2 Å². The Kier molecular flexibility index (Phi) is 4.68. The Morgan fingerprint density at radius 3 is 2.64 bits per heavy atom. The Balaban J connectivity index is 1.46. The van der Waals surface area contributed by atoms with Crippen molar-refractivity contribution in [2.45, 2.75) is 32.3 Å². The van der Waals surface area contributed by atoms with Crippen molar-refractivity contribution in [2.75, 3.05) is 18.4 Å². The fourth-order valence-corrected chi connectivity index (χ4v) is 3.54. The number of rotatable bonds is 2. The third kappa shape index (κ3) is 3.53. The SMILES string of the molecule is Cc1ccc(C2(O)CCN(C(=O)Nc3cccc4nnc(C)cc34)CC2)nc1. The van der Waals surface area contributed by atoms with Crippen LogP contribution in [-0.2, 0) is 5.60 Å². The van der Waals surface area contributed by atoms with E-state index in [1.54, 1.807) is 11.1 Å². The van der Waals surface area contributed by atoms with Crippen molar-refractivity contribution in [2.24, 2.45) is 0 Å². The lowest BCUT2D eigenvalue weighted by atomic mass is 9.87. The van der Waals surface area contributed by atoms with Crippen molar-refractivity contribution in [1.29, 1.82) is 0 Å². The second kappa shape index (κ2) is 7.16. The highest BCUT2D eigenvalue weighted by atomic mass is 16.3. The second-order valence-electron chi connectivity index (χ2n) is 7.39. The third-order valence-electron chi connectivity index (χ3n) is 5.26. The number of nitrogens with one attached hydrogen (secondary N) is 1. The first kappa shape index (κ1) is 18.3. The predicted molar refractivity (Wildman–Crippen MR) is 107 cm³/mol. The van der Waals surface area contributed by atoms with Gasteiger partial charge in [0.15, 0.2) is 0 Å². The first-order valence-corrected chi connectivity index (χ1v) is 9.39. The number of hydrogen-bond acceptors (Lipinski definition) is 5. The van der Waals surface area contributed by atoms with Gasteiger partial charge < -0.3 is 15.3 Å². The van der Waals surface area contributed by atoms with E-state index in [-0.39, 0.29) is 6.03 Å². The summed E-state index contributed by atoms with van der Waals surface area (Å²) >= 11 is 0. The quantitative estimate of drug-likeness (QED) is 0.716. The number of anilines is 1. The summed E-state index contributed by atoms with van der Waals surface area (Å²) < 4.78 is 0. The fraction of sp³-hybridized carbons (Fsp3) is 0.333. The van der Waals surface area contributed by atoms with Crippen molar-refractivity contribution in [3.8, 4) is 0 Å². The molecular formula is C21H23N5O2. The topological polar surface area (TPSA) is 91.2 Å². The Labute approximate surface area is 163 Å². The van der Waals surface area contributed by atoms with Gasteiger partial charge in [-0.1, -0.05) is 12.1 Å². The number of pyridine rings is 1. The highest BCUT2D eigenvalue weighted by molar-refractivity contribution is 6.00. The molecule has 2 amide bonds. The number of benzene rings is 1. The summed E-state index contributed by atoms with van der Waals surface area (Å²) in [6, 6.07) is 11.1. The van der Waals surface area contributed by atoms with Crippen LogP contribution >= 0.6 is 0 Å². The summed E-state index contributed by atoms with van der Waals surface area (Å²) in [7, 11) is 0. The number of nitrogens with zero attached hydrogens (tertiary/aromatic N) is 4. The van der Waals surface area contributed by atoms with E-state index in [4.69, 9.17) is 0 Å². The van der Waals surface area contributed by atoms with Crippen LogP contribution in [0.25, 0.3) is 10.9 Å². The summed E-state index contributed by atoms with van der Waals surface area (Å²) in [5, 5.41) is 23.0. The van der Waals surface area contributed by atoms with Gasteiger partial charge >= 0.3 is 6.03 Å². The molecule has 2 N–H and O–H groups in total. The molecule has 0 saturated carbocycles. The number of amides is 2. The van der Waals surface area contributed by atoms with Crippen LogP contribution in [0.5, 0.6) is 0 Å². The standard InChI is InChI=1S/C21H23N5O2/c1-14-6-7-19(22-13-14)21(28)8-10-26(11-9-21)20(27)23-17-4-3-5-18-16(17)12-15(2)24-25-18/h3-7,12-13,28H,8-11H2,1-2H3,(H,23,27). The number of aliphatic hydroxyl groups is 1. The normalized spacial score (nSPS) is 16.2. The number of piperidine rings is 1. The number of carbonyl (C=O) groups is 1. The summed E-state index contributed by atoms with van der Waals surface area (Å²) in [4.78, 5) is 18.9. The number of aromatic nitrogens is 3. The molecule has 0 atom stereocenters. The van der Waals surface area contributed by atoms with E-state index in [2.05, 4.69) is 20.5 Å². The van der Waals surface area contributed by atoms with E-state index in [1.165, 1.54) is 0 Å². The van der Waals surface area contributed by atoms with Crippen LogP contribution in [0.2, 0.25) is 0 Å². The van der Waals surface area contributed by atoms with Gasteiger partial charge in [-0.05, 0) is 56.5 Å². The first-order valence-electron chi connectivity index (χ1n) is 9.39. The molecule has 144 valence electrons. The number of hydrogen-bond donors (Lipinski definition) is 2. The lowest BCUT2D eigenvalue weighted by Crippen LogP contribution is -2.47. The molecule has 0 radical (unpaired) electrons. The van der Waals surface area contributed by atoms with E-state index >= 15 is 0 Å². The van der Waals surface area contributed by atoms with Crippen LogP contribution in [-0.4, -0.2) is 44.3 Å². The van der Waals surface area contributed by atoms with E-state index in [1.807, 2.05) is 50.2 Å². The summed E-state index contributed by atoms with van der Waals surface area (Å²) in [5.41, 5.74) is 2.98. The Bertz CT molecular complexity index is 1010. The highest BCUT2D eigenvalue weighted by Crippen LogP contribution is 2.32. The molecular weight excluding hydrogens is 354 g/mol. The van der Waals surface area contributed by atoms with Crippen molar-refractivity contribution in [3.63, 3.8) is 0 Å². The second-order valence-corrected chi connectivity index (χ2v) is 7.39. The Hall–Kier alpha value is -3.06. The molecule has 0 aliphatic carbocycles. The molecule has 7 heteroatoms. The van der Waals surface area contributed by atoms with Crippen LogP contribution in [0.15, 0.2) is 42.6 Å². The number of aryl methyl sites for hydroxylation is 2. The first-order chi connectivity index (χ1) is 13.4. The lowest BCUT2D eigenvalue weighted by molar-refractivity contribution is -0.0193. The Morgan fingerprint density at radius 1 is 1.14 bits per heavy atom. The molecule has 3 aromatic rings. The number of likely N-dealkylation sites (tertiary alicyclic amines) is 1. The number of urea groups is 1. The van der Waals surface area contributed by atoms with Crippen LogP contribution in [0.4, 0.5) is 10.5 Å². The van der Waals surface area contributed by atoms with Gasteiger partial charge in [-0.3, -0.25) is 4.98 Å². The average molecular weight is 377 g/mol. The number of carbonyl (C=O) groups excluding carboxylic acids is 1. The molecule has 1 aliphatic heterocycles. The predicted octanol–water partition coefficient (Wildman–Crippen LogP) is 3.16.